The van der Waals surface area contributed by atoms with Crippen LogP contribution in [0.3, 0.4) is 0 Å². The standard InChI is InChI=1S/C15H18OSi/c1-13(14-9-5-3-6-10-14)16-17(2)15-11-7-4-8-12-15/h3-13,17H,1-2H3. The Morgan fingerprint density at radius 2 is 1.41 bits per heavy atom. The number of rotatable bonds is 4. The number of hydrogen-bond donors (Lipinski definition) is 0. The van der Waals surface area contributed by atoms with E-state index in [9.17, 15) is 0 Å². The average Bonchev–Trinajstić information content (AvgIpc) is 2.40. The van der Waals surface area contributed by atoms with Crippen molar-refractivity contribution in [3.63, 3.8) is 0 Å². The topological polar surface area (TPSA) is 9.23 Å². The highest BCUT2D eigenvalue weighted by Crippen LogP contribution is 2.16. The fraction of sp³-hybridized carbons (Fsp3) is 0.200. The molecule has 0 bridgehead atoms. The first-order valence-electron chi connectivity index (χ1n) is 6.02. The fourth-order valence-corrected chi connectivity index (χ4v) is 3.60. The number of benzene rings is 2. The molecule has 0 saturated heterocycles. The summed E-state index contributed by atoms with van der Waals surface area (Å²) in [5.41, 5.74) is 1.25. The average molecular weight is 242 g/mol. The van der Waals surface area contributed by atoms with Crippen LogP contribution in [0, 0.1) is 0 Å². The third-order valence-electron chi connectivity index (χ3n) is 2.95. The summed E-state index contributed by atoms with van der Waals surface area (Å²) in [6.45, 7) is 4.36. The van der Waals surface area contributed by atoms with Crippen LogP contribution in [0.2, 0.25) is 6.55 Å². The van der Waals surface area contributed by atoms with E-state index in [1.807, 2.05) is 12.1 Å². The zero-order valence-electron chi connectivity index (χ0n) is 10.3. The first-order valence-corrected chi connectivity index (χ1v) is 8.23. The SMILES string of the molecule is CC(O[SiH](C)c1ccccc1)c1ccccc1. The van der Waals surface area contributed by atoms with Crippen LogP contribution in [0.5, 0.6) is 0 Å². The minimum Gasteiger partial charge on any atom is -0.409 e. The van der Waals surface area contributed by atoms with Gasteiger partial charge in [0.2, 0.25) is 9.04 Å². The molecule has 2 atom stereocenters. The summed E-state index contributed by atoms with van der Waals surface area (Å²) < 4.78 is 6.16. The highest BCUT2D eigenvalue weighted by molar-refractivity contribution is 6.66. The van der Waals surface area contributed by atoms with Gasteiger partial charge in [-0.2, -0.15) is 0 Å². The third-order valence-corrected chi connectivity index (χ3v) is 5.09. The Kier molecular flexibility index (Phi) is 4.12. The minimum atomic E-state index is -1.29. The Bertz CT molecular complexity index is 397. The van der Waals surface area contributed by atoms with Gasteiger partial charge in [-0.05, 0) is 24.2 Å². The Hall–Kier alpha value is -1.38. The molecule has 1 nitrogen and oxygen atoms in total. The summed E-state index contributed by atoms with van der Waals surface area (Å²) in [6.07, 6.45) is 0.179. The van der Waals surface area contributed by atoms with Crippen molar-refractivity contribution in [1.29, 1.82) is 0 Å². The van der Waals surface area contributed by atoms with Crippen molar-refractivity contribution in [3.05, 3.63) is 66.2 Å². The summed E-state index contributed by atoms with van der Waals surface area (Å²) in [5.74, 6) is 0. The predicted molar refractivity (Wildman–Crippen MR) is 75.0 cm³/mol. The summed E-state index contributed by atoms with van der Waals surface area (Å²) in [5, 5.41) is 1.36. The first-order chi connectivity index (χ1) is 8.27. The second-order valence-electron chi connectivity index (χ2n) is 4.24. The van der Waals surface area contributed by atoms with Crippen molar-refractivity contribution < 1.29 is 4.43 Å². The van der Waals surface area contributed by atoms with Gasteiger partial charge < -0.3 is 4.43 Å². The molecule has 2 rings (SSSR count). The first kappa shape index (κ1) is 12.1. The molecule has 0 N–H and O–H groups in total. The highest BCUT2D eigenvalue weighted by Gasteiger charge is 2.13. The third kappa shape index (κ3) is 3.28. The van der Waals surface area contributed by atoms with Crippen molar-refractivity contribution in [2.24, 2.45) is 0 Å². The highest BCUT2D eigenvalue weighted by atomic mass is 28.3. The summed E-state index contributed by atoms with van der Waals surface area (Å²) in [6, 6.07) is 20.9. The lowest BCUT2D eigenvalue weighted by Gasteiger charge is -2.19. The smallest absolute Gasteiger partial charge is 0.206 e. The van der Waals surface area contributed by atoms with Crippen LogP contribution in [0.1, 0.15) is 18.6 Å². The molecule has 0 spiro atoms. The van der Waals surface area contributed by atoms with Gasteiger partial charge in [-0.3, -0.25) is 0 Å². The molecular formula is C15H18OSi. The molecule has 0 saturated carbocycles. The Balaban J connectivity index is 2.02. The van der Waals surface area contributed by atoms with E-state index in [-0.39, 0.29) is 6.10 Å². The maximum atomic E-state index is 6.16. The van der Waals surface area contributed by atoms with Crippen molar-refractivity contribution in [2.45, 2.75) is 19.6 Å². The van der Waals surface area contributed by atoms with E-state index in [1.165, 1.54) is 10.8 Å². The molecule has 88 valence electrons. The normalized spacial score (nSPS) is 14.2. The van der Waals surface area contributed by atoms with Gasteiger partial charge in [0, 0.05) is 0 Å². The molecule has 17 heavy (non-hydrogen) atoms. The lowest BCUT2D eigenvalue weighted by atomic mass is 10.1. The molecule has 0 aliphatic heterocycles. The van der Waals surface area contributed by atoms with Crippen LogP contribution >= 0.6 is 0 Å². The van der Waals surface area contributed by atoms with Gasteiger partial charge in [0.1, 0.15) is 0 Å². The van der Waals surface area contributed by atoms with E-state index in [4.69, 9.17) is 4.43 Å². The molecule has 2 aromatic carbocycles. The summed E-state index contributed by atoms with van der Waals surface area (Å²) >= 11 is 0. The van der Waals surface area contributed by atoms with Gasteiger partial charge in [0.05, 0.1) is 6.10 Å². The van der Waals surface area contributed by atoms with E-state index in [1.54, 1.807) is 0 Å². The molecule has 0 aliphatic carbocycles. The van der Waals surface area contributed by atoms with Crippen LogP contribution in [0.25, 0.3) is 0 Å². The van der Waals surface area contributed by atoms with Crippen molar-refractivity contribution in [3.8, 4) is 0 Å². The molecule has 2 heteroatoms. The van der Waals surface area contributed by atoms with Gasteiger partial charge in [0.15, 0.2) is 0 Å². The minimum absolute atomic E-state index is 0.179. The quantitative estimate of drug-likeness (QED) is 0.749. The zero-order valence-corrected chi connectivity index (χ0v) is 11.5. The van der Waals surface area contributed by atoms with Crippen molar-refractivity contribution in [1.82, 2.24) is 0 Å². The van der Waals surface area contributed by atoms with E-state index in [2.05, 4.69) is 62.0 Å². The fourth-order valence-electron chi connectivity index (χ4n) is 1.91. The molecular weight excluding hydrogens is 224 g/mol. The van der Waals surface area contributed by atoms with Gasteiger partial charge in [-0.1, -0.05) is 60.7 Å². The Labute approximate surface area is 105 Å². The van der Waals surface area contributed by atoms with E-state index >= 15 is 0 Å². The molecule has 2 aromatic rings. The lowest BCUT2D eigenvalue weighted by molar-refractivity contribution is 0.234. The van der Waals surface area contributed by atoms with Crippen LogP contribution in [0.4, 0.5) is 0 Å². The predicted octanol–water partition coefficient (Wildman–Crippen LogP) is 3.03. The largest absolute Gasteiger partial charge is 0.409 e. The summed E-state index contributed by atoms with van der Waals surface area (Å²) in [4.78, 5) is 0. The van der Waals surface area contributed by atoms with E-state index in [0.29, 0.717) is 0 Å². The number of hydrogen-bond acceptors (Lipinski definition) is 1. The molecule has 0 amide bonds. The summed E-state index contributed by atoms with van der Waals surface area (Å²) in [7, 11) is -1.29. The maximum Gasteiger partial charge on any atom is 0.206 e. The Morgan fingerprint density at radius 1 is 0.882 bits per heavy atom. The van der Waals surface area contributed by atoms with Crippen LogP contribution in [-0.4, -0.2) is 9.04 Å². The van der Waals surface area contributed by atoms with E-state index < -0.39 is 9.04 Å². The van der Waals surface area contributed by atoms with Crippen LogP contribution in [-0.2, 0) is 4.43 Å². The van der Waals surface area contributed by atoms with Gasteiger partial charge in [-0.15, -0.1) is 0 Å². The zero-order chi connectivity index (χ0) is 12.1. The van der Waals surface area contributed by atoms with Crippen molar-refractivity contribution in [2.75, 3.05) is 0 Å². The maximum absolute atomic E-state index is 6.16. The molecule has 0 fully saturated rings. The van der Waals surface area contributed by atoms with Crippen LogP contribution in [0.15, 0.2) is 60.7 Å². The van der Waals surface area contributed by atoms with Gasteiger partial charge >= 0.3 is 0 Å². The molecule has 2 unspecified atom stereocenters. The van der Waals surface area contributed by atoms with Gasteiger partial charge in [-0.25, -0.2) is 0 Å². The Morgan fingerprint density at radius 3 is 2.00 bits per heavy atom. The van der Waals surface area contributed by atoms with Gasteiger partial charge in [0.25, 0.3) is 0 Å². The lowest BCUT2D eigenvalue weighted by Crippen LogP contribution is -2.30. The second-order valence-corrected chi connectivity index (χ2v) is 6.47. The molecule has 0 aliphatic rings. The molecule has 0 radical (unpaired) electrons. The van der Waals surface area contributed by atoms with Crippen LogP contribution < -0.4 is 5.19 Å². The molecule has 0 aromatic heterocycles. The second kappa shape index (κ2) is 5.80. The monoisotopic (exact) mass is 242 g/mol. The van der Waals surface area contributed by atoms with E-state index in [0.717, 1.165) is 0 Å². The van der Waals surface area contributed by atoms with Crippen molar-refractivity contribution >= 4 is 14.2 Å². The molecule has 0 heterocycles.